The third-order valence-electron chi connectivity index (χ3n) is 5.22. The lowest BCUT2D eigenvalue weighted by Gasteiger charge is -2.27. The number of sulfonamides is 1. The first kappa shape index (κ1) is 25.3. The van der Waals surface area contributed by atoms with Crippen molar-refractivity contribution in [2.75, 3.05) is 53.3 Å². The number of carbonyl (C=O) groups is 1. The number of hydrazine groups is 1. The molecule has 3 N–H and O–H groups in total. The van der Waals surface area contributed by atoms with Crippen molar-refractivity contribution in [1.82, 2.24) is 15.0 Å². The van der Waals surface area contributed by atoms with E-state index >= 15 is 0 Å². The van der Waals surface area contributed by atoms with E-state index in [0.717, 1.165) is 18.0 Å². The summed E-state index contributed by atoms with van der Waals surface area (Å²) in [5, 5.41) is 4.99. The lowest BCUT2D eigenvalue weighted by atomic mass is 10.1. The Hall–Kier alpha value is -1.83. The monoisotopic (exact) mass is 546 g/mol. The van der Waals surface area contributed by atoms with E-state index in [1.54, 1.807) is 6.92 Å². The van der Waals surface area contributed by atoms with Gasteiger partial charge in [-0.3, -0.25) is 9.52 Å². The molecule has 0 spiro atoms. The fraction of sp³-hybridized carbons (Fsp3) is 0.450. The molecule has 1 atom stereocenters. The van der Waals surface area contributed by atoms with E-state index in [0.29, 0.717) is 36.9 Å². The number of amides is 1. The van der Waals surface area contributed by atoms with Crippen LogP contribution in [0.1, 0.15) is 25.0 Å². The number of hydrogen-bond acceptors (Lipinski definition) is 9. The Bertz CT molecular complexity index is 1180. The van der Waals surface area contributed by atoms with E-state index < -0.39 is 15.9 Å². The Morgan fingerprint density at radius 1 is 1.26 bits per heavy atom. The average Bonchev–Trinajstić information content (AvgIpc) is 3.24. The van der Waals surface area contributed by atoms with Crippen LogP contribution < -0.4 is 15.5 Å². The van der Waals surface area contributed by atoms with Crippen LogP contribution in [0.3, 0.4) is 0 Å². The highest BCUT2D eigenvalue weighted by Gasteiger charge is 2.34. The van der Waals surface area contributed by atoms with E-state index in [2.05, 4.69) is 25.4 Å². The topological polar surface area (TPSA) is 126 Å². The molecule has 184 valence electrons. The number of thioether (sulfide) groups is 1. The maximum atomic E-state index is 13.2. The Kier molecular flexibility index (Phi) is 8.05. The van der Waals surface area contributed by atoms with Crippen LogP contribution in [0.2, 0.25) is 10.0 Å². The molecule has 2 aliphatic heterocycles. The van der Waals surface area contributed by atoms with Gasteiger partial charge in [0, 0.05) is 18.8 Å². The second-order valence-corrected chi connectivity index (χ2v) is 11.4. The van der Waals surface area contributed by atoms with E-state index in [1.807, 2.05) is 5.01 Å². The van der Waals surface area contributed by atoms with Gasteiger partial charge in [-0.05, 0) is 18.6 Å². The first-order chi connectivity index (χ1) is 16.3. The summed E-state index contributed by atoms with van der Waals surface area (Å²) in [7, 11) is -3.57. The predicted molar refractivity (Wildman–Crippen MR) is 134 cm³/mol. The molecule has 34 heavy (non-hydrogen) atoms. The third kappa shape index (κ3) is 5.69. The number of benzene rings is 1. The molecule has 4 rings (SSSR count). The second-order valence-electron chi connectivity index (χ2n) is 7.71. The highest BCUT2D eigenvalue weighted by atomic mass is 35.5. The quantitative estimate of drug-likeness (QED) is 0.456. The van der Waals surface area contributed by atoms with Crippen LogP contribution in [0.4, 0.5) is 17.2 Å². The summed E-state index contributed by atoms with van der Waals surface area (Å²) in [6, 6.07) is 2.95. The number of nitrogens with one attached hydrogen (secondary N) is 3. The van der Waals surface area contributed by atoms with Gasteiger partial charge in [0.25, 0.3) is 0 Å². The summed E-state index contributed by atoms with van der Waals surface area (Å²) >= 11 is 14.2. The summed E-state index contributed by atoms with van der Waals surface area (Å²) in [6.07, 6.45) is 1.88. The molecule has 0 bridgehead atoms. The third-order valence-corrected chi connectivity index (χ3v) is 8.60. The van der Waals surface area contributed by atoms with Gasteiger partial charge >= 0.3 is 0 Å². The maximum absolute atomic E-state index is 13.2. The van der Waals surface area contributed by atoms with E-state index in [1.165, 1.54) is 30.2 Å². The van der Waals surface area contributed by atoms with Gasteiger partial charge in [-0.1, -0.05) is 30.1 Å². The van der Waals surface area contributed by atoms with Crippen LogP contribution in [0.15, 0.2) is 23.4 Å². The molecule has 0 aliphatic carbocycles. The number of rotatable bonds is 8. The molecule has 14 heteroatoms. The summed E-state index contributed by atoms with van der Waals surface area (Å²) in [4.78, 5) is 22.7. The minimum atomic E-state index is -3.57. The van der Waals surface area contributed by atoms with Crippen LogP contribution in [0.25, 0.3) is 0 Å². The Balaban J connectivity index is 1.53. The number of fused-ring (bicyclic) bond motifs is 1. The molecule has 1 unspecified atom stereocenters. The summed E-state index contributed by atoms with van der Waals surface area (Å²) in [5.41, 5.74) is 4.19. The summed E-state index contributed by atoms with van der Waals surface area (Å²) in [5.74, 6) is 0.163. The molecule has 1 fully saturated rings. The normalized spacial score (nSPS) is 18.4. The molecule has 10 nitrogen and oxygen atoms in total. The van der Waals surface area contributed by atoms with Gasteiger partial charge in [0.2, 0.25) is 15.9 Å². The zero-order valence-electron chi connectivity index (χ0n) is 18.3. The van der Waals surface area contributed by atoms with Crippen molar-refractivity contribution >= 4 is 68.1 Å². The van der Waals surface area contributed by atoms with Crippen LogP contribution in [-0.2, 0) is 19.6 Å². The number of aromatic nitrogens is 2. The molecule has 0 radical (unpaired) electrons. The first-order valence-corrected chi connectivity index (χ1v) is 14.0. The molecule has 3 heterocycles. The van der Waals surface area contributed by atoms with Crippen LogP contribution in [0.5, 0.6) is 0 Å². The van der Waals surface area contributed by atoms with Crippen LogP contribution >= 0.6 is 35.0 Å². The Morgan fingerprint density at radius 3 is 2.76 bits per heavy atom. The maximum Gasteiger partial charge on any atom is 0.234 e. The number of nitrogens with zero attached hydrogens (tertiary/aromatic N) is 3. The number of morpholine rings is 1. The van der Waals surface area contributed by atoms with Gasteiger partial charge in [0.1, 0.15) is 6.33 Å². The fourth-order valence-electron chi connectivity index (χ4n) is 3.57. The Labute approximate surface area is 212 Å². The smallest absolute Gasteiger partial charge is 0.234 e. The van der Waals surface area contributed by atoms with Gasteiger partial charge in [-0.15, -0.1) is 11.8 Å². The highest BCUT2D eigenvalue weighted by molar-refractivity contribution is 7.99. The van der Waals surface area contributed by atoms with Crippen molar-refractivity contribution < 1.29 is 17.9 Å². The second kappa shape index (κ2) is 10.8. The minimum absolute atomic E-state index is 0.0174. The molecule has 0 saturated carbocycles. The van der Waals surface area contributed by atoms with E-state index in [9.17, 15) is 13.2 Å². The summed E-state index contributed by atoms with van der Waals surface area (Å²) in [6.45, 7) is 4.48. The van der Waals surface area contributed by atoms with Gasteiger partial charge in [-0.2, -0.15) is 0 Å². The molecule has 1 saturated heterocycles. The molecule has 2 aromatic rings. The van der Waals surface area contributed by atoms with Crippen molar-refractivity contribution in [2.24, 2.45) is 0 Å². The van der Waals surface area contributed by atoms with E-state index in [-0.39, 0.29) is 33.1 Å². The highest BCUT2D eigenvalue weighted by Crippen LogP contribution is 2.43. The molecule has 1 aromatic heterocycles. The van der Waals surface area contributed by atoms with Gasteiger partial charge in [0.15, 0.2) is 5.82 Å². The van der Waals surface area contributed by atoms with Crippen molar-refractivity contribution in [3.05, 3.63) is 34.2 Å². The SMILES string of the molecule is CCCS(=O)(=O)Nc1ccc(Cl)c(NC(=O)C2CSc3c(NN4CCOCC4)ncnc32)c1Cl. The van der Waals surface area contributed by atoms with Gasteiger partial charge in [0.05, 0.1) is 56.9 Å². The van der Waals surface area contributed by atoms with E-state index in [4.69, 9.17) is 27.9 Å². The van der Waals surface area contributed by atoms with Crippen molar-refractivity contribution in [3.8, 4) is 0 Å². The standard InChI is InChI=1S/C20H24Cl2N6O4S2/c1-2-9-34(30,31)27-14-4-3-13(21)17(15(14)22)25-20(29)12-10-33-18-16(12)23-11-24-19(18)26-28-5-7-32-8-6-28/h3-4,11-12,27H,2,5-10H2,1H3,(H,25,29)(H,23,24,26). The molecule has 1 amide bonds. The molecular weight excluding hydrogens is 523 g/mol. The number of carbonyl (C=O) groups excluding carboxylic acids is 1. The largest absolute Gasteiger partial charge is 0.379 e. The number of hydrogen-bond donors (Lipinski definition) is 3. The minimum Gasteiger partial charge on any atom is -0.379 e. The van der Waals surface area contributed by atoms with Crippen molar-refractivity contribution in [3.63, 3.8) is 0 Å². The molecule has 1 aromatic carbocycles. The zero-order valence-corrected chi connectivity index (χ0v) is 21.5. The van der Waals surface area contributed by atoms with Crippen molar-refractivity contribution in [2.45, 2.75) is 24.2 Å². The lowest BCUT2D eigenvalue weighted by Crippen LogP contribution is -2.40. The van der Waals surface area contributed by atoms with Gasteiger partial charge in [-0.25, -0.2) is 23.4 Å². The van der Waals surface area contributed by atoms with Crippen molar-refractivity contribution in [1.29, 1.82) is 0 Å². The van der Waals surface area contributed by atoms with Crippen LogP contribution in [0, 0.1) is 0 Å². The molecular formula is C20H24Cl2N6O4S2. The average molecular weight is 547 g/mol. The predicted octanol–water partition coefficient (Wildman–Crippen LogP) is 3.42. The number of anilines is 3. The fourth-order valence-corrected chi connectivity index (χ4v) is 6.51. The zero-order chi connectivity index (χ0) is 24.3. The lowest BCUT2D eigenvalue weighted by molar-refractivity contribution is -0.117. The number of halogens is 2. The first-order valence-electron chi connectivity index (χ1n) is 10.7. The van der Waals surface area contributed by atoms with Crippen LogP contribution in [-0.4, -0.2) is 67.1 Å². The summed E-state index contributed by atoms with van der Waals surface area (Å²) < 4.78 is 32.2. The Morgan fingerprint density at radius 2 is 2.03 bits per heavy atom. The number of ether oxygens (including phenoxy) is 1. The molecule has 2 aliphatic rings. The van der Waals surface area contributed by atoms with Gasteiger partial charge < -0.3 is 15.5 Å².